The lowest BCUT2D eigenvalue weighted by Gasteiger charge is -2.09. The summed E-state index contributed by atoms with van der Waals surface area (Å²) in [6, 6.07) is 0. The van der Waals surface area contributed by atoms with Crippen LogP contribution in [-0.4, -0.2) is 31.7 Å². The van der Waals surface area contributed by atoms with Crippen LogP contribution in [0.1, 0.15) is 33.1 Å². The molecule has 0 fully saturated rings. The first-order valence-electron chi connectivity index (χ1n) is 4.69. The number of ether oxygens (including phenoxy) is 1. The summed E-state index contributed by atoms with van der Waals surface area (Å²) in [5.41, 5.74) is 0. The van der Waals surface area contributed by atoms with Gasteiger partial charge in [-0.3, -0.25) is 4.55 Å². The Morgan fingerprint density at radius 2 is 2.00 bits per heavy atom. The normalized spacial score (nSPS) is 13.5. The molecule has 6 nitrogen and oxygen atoms in total. The Labute approximate surface area is 89.5 Å². The Hall–Kier alpha value is -0.660. The summed E-state index contributed by atoms with van der Waals surface area (Å²) in [7, 11) is -4.60. The molecule has 0 aliphatic rings. The third-order valence-corrected chi connectivity index (χ3v) is 2.12. The lowest BCUT2D eigenvalue weighted by molar-refractivity contribution is -0.151. The predicted octanol–water partition coefficient (Wildman–Crippen LogP) is 0.928. The van der Waals surface area contributed by atoms with Crippen LogP contribution in [0.3, 0.4) is 0 Å². The van der Waals surface area contributed by atoms with Crippen LogP contribution in [0.5, 0.6) is 0 Å². The first-order chi connectivity index (χ1) is 6.87. The third-order valence-electron chi connectivity index (χ3n) is 1.59. The van der Waals surface area contributed by atoms with Crippen LogP contribution >= 0.6 is 0 Å². The highest BCUT2D eigenvalue weighted by Gasteiger charge is 2.21. The van der Waals surface area contributed by atoms with Crippen LogP contribution in [0.4, 0.5) is 0 Å². The Balaban J connectivity index is 3.80. The molecule has 0 heterocycles. The standard InChI is InChI=1S/C8H16O6S/c1-3-4-5-6-13-8(9)7(2)14-15(10,11)12/h7H,3-6H2,1-2H3,(H,10,11,12). The largest absolute Gasteiger partial charge is 0.464 e. The minimum atomic E-state index is -4.60. The number of hydrogen-bond acceptors (Lipinski definition) is 5. The van der Waals surface area contributed by atoms with Crippen molar-refractivity contribution in [3.63, 3.8) is 0 Å². The van der Waals surface area contributed by atoms with Gasteiger partial charge < -0.3 is 4.74 Å². The van der Waals surface area contributed by atoms with E-state index in [4.69, 9.17) is 9.29 Å². The van der Waals surface area contributed by atoms with Crippen molar-refractivity contribution >= 4 is 16.4 Å². The van der Waals surface area contributed by atoms with Gasteiger partial charge in [-0.25, -0.2) is 8.98 Å². The van der Waals surface area contributed by atoms with Crippen molar-refractivity contribution in [2.45, 2.75) is 39.2 Å². The first kappa shape index (κ1) is 14.3. The zero-order valence-corrected chi connectivity index (χ0v) is 9.62. The summed E-state index contributed by atoms with van der Waals surface area (Å²) in [5.74, 6) is -0.802. The van der Waals surface area contributed by atoms with Gasteiger partial charge in [0.25, 0.3) is 0 Å². The third kappa shape index (κ3) is 8.34. The number of carbonyl (C=O) groups excluding carboxylic acids is 1. The molecule has 0 aromatic carbocycles. The Bertz CT molecular complexity index is 284. The van der Waals surface area contributed by atoms with Gasteiger partial charge in [0, 0.05) is 0 Å². The van der Waals surface area contributed by atoms with Gasteiger partial charge in [0.05, 0.1) is 6.61 Å². The molecule has 15 heavy (non-hydrogen) atoms. The predicted molar refractivity (Wildman–Crippen MR) is 52.6 cm³/mol. The molecule has 0 bridgehead atoms. The molecule has 0 spiro atoms. The van der Waals surface area contributed by atoms with E-state index in [0.29, 0.717) is 0 Å². The van der Waals surface area contributed by atoms with Crippen molar-refractivity contribution < 1.29 is 26.7 Å². The number of carbonyl (C=O) groups is 1. The summed E-state index contributed by atoms with van der Waals surface area (Å²) in [6.07, 6.45) is 1.33. The quantitative estimate of drug-likeness (QED) is 0.404. The SMILES string of the molecule is CCCCCOC(=O)C(C)OS(=O)(=O)O. The van der Waals surface area contributed by atoms with Crippen LogP contribution in [0.15, 0.2) is 0 Å². The molecule has 0 aromatic heterocycles. The molecule has 0 radical (unpaired) electrons. The second kappa shape index (κ2) is 6.76. The zero-order valence-electron chi connectivity index (χ0n) is 8.80. The van der Waals surface area contributed by atoms with Gasteiger partial charge in [0.2, 0.25) is 0 Å². The summed E-state index contributed by atoms with van der Waals surface area (Å²) < 4.78 is 37.5. The van der Waals surface area contributed by atoms with E-state index in [0.717, 1.165) is 19.3 Å². The van der Waals surface area contributed by atoms with Gasteiger partial charge in [0.1, 0.15) is 0 Å². The van der Waals surface area contributed by atoms with Crippen molar-refractivity contribution in [2.24, 2.45) is 0 Å². The Kier molecular flexibility index (Phi) is 6.46. The van der Waals surface area contributed by atoms with E-state index in [1.807, 2.05) is 6.92 Å². The monoisotopic (exact) mass is 240 g/mol. The minimum absolute atomic E-state index is 0.228. The lowest BCUT2D eigenvalue weighted by Crippen LogP contribution is -2.26. The summed E-state index contributed by atoms with van der Waals surface area (Å²) in [4.78, 5) is 11.1. The minimum Gasteiger partial charge on any atom is -0.464 e. The molecular formula is C8H16O6S. The van der Waals surface area contributed by atoms with E-state index in [1.54, 1.807) is 0 Å². The van der Waals surface area contributed by atoms with Gasteiger partial charge in [-0.15, -0.1) is 0 Å². The number of rotatable bonds is 7. The van der Waals surface area contributed by atoms with Crippen LogP contribution in [0.2, 0.25) is 0 Å². The summed E-state index contributed by atoms with van der Waals surface area (Å²) >= 11 is 0. The molecule has 0 aliphatic heterocycles. The molecule has 0 rings (SSSR count). The van der Waals surface area contributed by atoms with E-state index < -0.39 is 22.5 Å². The van der Waals surface area contributed by atoms with Gasteiger partial charge in [-0.05, 0) is 13.3 Å². The van der Waals surface area contributed by atoms with Crippen LogP contribution < -0.4 is 0 Å². The van der Waals surface area contributed by atoms with E-state index in [2.05, 4.69) is 4.18 Å². The fourth-order valence-corrected chi connectivity index (χ4v) is 1.31. The van der Waals surface area contributed by atoms with Crippen molar-refractivity contribution in [1.82, 2.24) is 0 Å². The molecule has 0 saturated carbocycles. The topological polar surface area (TPSA) is 89.9 Å². The molecule has 0 aromatic rings. The second-order valence-corrected chi connectivity index (χ2v) is 4.09. The highest BCUT2D eigenvalue weighted by molar-refractivity contribution is 7.80. The molecular weight excluding hydrogens is 224 g/mol. The molecule has 0 saturated heterocycles. The molecule has 7 heteroatoms. The summed E-state index contributed by atoms with van der Waals surface area (Å²) in [5, 5.41) is 0. The Morgan fingerprint density at radius 1 is 1.40 bits per heavy atom. The molecule has 1 N–H and O–H groups in total. The average Bonchev–Trinajstić information content (AvgIpc) is 2.09. The van der Waals surface area contributed by atoms with E-state index in [9.17, 15) is 13.2 Å². The van der Waals surface area contributed by atoms with E-state index >= 15 is 0 Å². The van der Waals surface area contributed by atoms with E-state index in [1.165, 1.54) is 6.92 Å². The molecule has 1 unspecified atom stereocenters. The second-order valence-electron chi connectivity index (χ2n) is 3.04. The molecule has 90 valence electrons. The Morgan fingerprint density at radius 3 is 2.47 bits per heavy atom. The fourth-order valence-electron chi connectivity index (χ4n) is 0.864. The highest BCUT2D eigenvalue weighted by Crippen LogP contribution is 2.01. The zero-order chi connectivity index (χ0) is 11.9. The first-order valence-corrected chi connectivity index (χ1v) is 6.05. The van der Waals surface area contributed by atoms with Crippen molar-refractivity contribution in [2.75, 3.05) is 6.61 Å². The number of hydrogen-bond donors (Lipinski definition) is 1. The van der Waals surface area contributed by atoms with Crippen LogP contribution in [-0.2, 0) is 24.1 Å². The van der Waals surface area contributed by atoms with Gasteiger partial charge in [-0.1, -0.05) is 19.8 Å². The average molecular weight is 240 g/mol. The van der Waals surface area contributed by atoms with Gasteiger partial charge in [-0.2, -0.15) is 8.42 Å². The van der Waals surface area contributed by atoms with Crippen LogP contribution in [0, 0.1) is 0 Å². The smallest absolute Gasteiger partial charge is 0.398 e. The highest BCUT2D eigenvalue weighted by atomic mass is 32.3. The van der Waals surface area contributed by atoms with Gasteiger partial charge >= 0.3 is 16.4 Å². The van der Waals surface area contributed by atoms with Crippen molar-refractivity contribution in [3.05, 3.63) is 0 Å². The van der Waals surface area contributed by atoms with Crippen molar-refractivity contribution in [3.8, 4) is 0 Å². The van der Waals surface area contributed by atoms with Gasteiger partial charge in [0.15, 0.2) is 6.10 Å². The molecule has 1 atom stereocenters. The number of unbranched alkanes of at least 4 members (excludes halogenated alkanes) is 2. The maximum Gasteiger partial charge on any atom is 0.398 e. The lowest BCUT2D eigenvalue weighted by atomic mass is 10.3. The number of esters is 1. The van der Waals surface area contributed by atoms with Crippen LogP contribution in [0.25, 0.3) is 0 Å². The van der Waals surface area contributed by atoms with Crippen molar-refractivity contribution in [1.29, 1.82) is 0 Å². The maximum atomic E-state index is 11.1. The molecule has 0 aliphatic carbocycles. The fraction of sp³-hybridized carbons (Fsp3) is 0.875. The maximum absolute atomic E-state index is 11.1. The summed E-state index contributed by atoms with van der Waals surface area (Å²) in [6.45, 7) is 3.42. The molecule has 0 amide bonds. The van der Waals surface area contributed by atoms with E-state index in [-0.39, 0.29) is 6.61 Å².